The molecule has 1 heterocycles. The van der Waals surface area contributed by atoms with E-state index in [2.05, 4.69) is 32.2 Å². The standard InChI is InChI=1S/C12H19NS/c1-8-4-11(8)6-13-7-12-5-9(2)14-10(12)3/h5,8,11,13H,4,6-7H2,1-3H3. The fourth-order valence-electron chi connectivity index (χ4n) is 1.93. The third-order valence-corrected chi connectivity index (χ3v) is 4.15. The molecule has 2 unspecified atom stereocenters. The Kier molecular flexibility index (Phi) is 2.93. The quantitative estimate of drug-likeness (QED) is 0.803. The van der Waals surface area contributed by atoms with Gasteiger partial charge in [-0.1, -0.05) is 6.92 Å². The Morgan fingerprint density at radius 3 is 2.71 bits per heavy atom. The number of aryl methyl sites for hydroxylation is 2. The first-order valence-electron chi connectivity index (χ1n) is 5.43. The van der Waals surface area contributed by atoms with Crippen molar-refractivity contribution in [2.75, 3.05) is 6.54 Å². The molecule has 0 saturated heterocycles. The highest BCUT2D eigenvalue weighted by molar-refractivity contribution is 7.12. The summed E-state index contributed by atoms with van der Waals surface area (Å²) in [6, 6.07) is 2.31. The molecule has 1 aromatic heterocycles. The first-order valence-corrected chi connectivity index (χ1v) is 6.25. The lowest BCUT2D eigenvalue weighted by Gasteiger charge is -2.02. The van der Waals surface area contributed by atoms with Gasteiger partial charge in [-0.05, 0) is 50.3 Å². The second kappa shape index (κ2) is 4.03. The minimum atomic E-state index is 0.954. The fourth-order valence-corrected chi connectivity index (χ4v) is 2.88. The smallest absolute Gasteiger partial charge is 0.0216 e. The van der Waals surface area contributed by atoms with Crippen LogP contribution in [0.5, 0.6) is 0 Å². The lowest BCUT2D eigenvalue weighted by atomic mass is 10.2. The summed E-state index contributed by atoms with van der Waals surface area (Å²) in [7, 11) is 0. The third kappa shape index (κ3) is 2.37. The minimum absolute atomic E-state index is 0.954. The highest BCUT2D eigenvalue weighted by Gasteiger charge is 2.31. The normalized spacial score (nSPS) is 25.4. The summed E-state index contributed by atoms with van der Waals surface area (Å²) in [4.78, 5) is 2.90. The number of nitrogens with one attached hydrogen (secondary N) is 1. The highest BCUT2D eigenvalue weighted by Crippen LogP contribution is 2.36. The van der Waals surface area contributed by atoms with Crippen molar-refractivity contribution in [2.45, 2.75) is 33.7 Å². The van der Waals surface area contributed by atoms with Crippen LogP contribution in [0.3, 0.4) is 0 Å². The SMILES string of the molecule is Cc1cc(CNCC2CC2C)c(C)s1. The molecule has 14 heavy (non-hydrogen) atoms. The first-order chi connectivity index (χ1) is 6.66. The summed E-state index contributed by atoms with van der Waals surface area (Å²) < 4.78 is 0. The molecule has 1 aliphatic rings. The van der Waals surface area contributed by atoms with Crippen molar-refractivity contribution >= 4 is 11.3 Å². The van der Waals surface area contributed by atoms with Crippen molar-refractivity contribution in [3.8, 4) is 0 Å². The highest BCUT2D eigenvalue weighted by atomic mass is 32.1. The van der Waals surface area contributed by atoms with Crippen molar-refractivity contribution in [1.29, 1.82) is 0 Å². The molecule has 0 aromatic carbocycles. The van der Waals surface area contributed by atoms with Crippen molar-refractivity contribution in [1.82, 2.24) is 5.32 Å². The average molecular weight is 209 g/mol. The zero-order chi connectivity index (χ0) is 10.1. The zero-order valence-electron chi connectivity index (χ0n) is 9.26. The van der Waals surface area contributed by atoms with Gasteiger partial charge in [-0.25, -0.2) is 0 Å². The van der Waals surface area contributed by atoms with Crippen molar-refractivity contribution in [3.63, 3.8) is 0 Å². The zero-order valence-corrected chi connectivity index (χ0v) is 10.1. The molecule has 1 fully saturated rings. The van der Waals surface area contributed by atoms with Crippen LogP contribution in [-0.2, 0) is 6.54 Å². The van der Waals surface area contributed by atoms with Crippen LogP contribution in [-0.4, -0.2) is 6.54 Å². The summed E-state index contributed by atoms with van der Waals surface area (Å²) in [6.45, 7) is 9.00. The molecule has 1 nitrogen and oxygen atoms in total. The summed E-state index contributed by atoms with van der Waals surface area (Å²) in [6.07, 6.45) is 1.43. The maximum atomic E-state index is 3.55. The number of rotatable bonds is 4. The van der Waals surface area contributed by atoms with Gasteiger partial charge in [0.25, 0.3) is 0 Å². The van der Waals surface area contributed by atoms with E-state index in [0.29, 0.717) is 0 Å². The van der Waals surface area contributed by atoms with E-state index in [9.17, 15) is 0 Å². The van der Waals surface area contributed by atoms with Crippen LogP contribution in [0.1, 0.15) is 28.7 Å². The Morgan fingerprint density at radius 1 is 1.50 bits per heavy atom. The van der Waals surface area contributed by atoms with Crippen LogP contribution in [0, 0.1) is 25.7 Å². The molecular formula is C12H19NS. The maximum absolute atomic E-state index is 3.55. The first kappa shape index (κ1) is 10.2. The van der Waals surface area contributed by atoms with Crippen LogP contribution in [0.25, 0.3) is 0 Å². The van der Waals surface area contributed by atoms with Gasteiger partial charge >= 0.3 is 0 Å². The van der Waals surface area contributed by atoms with Crippen molar-refractivity contribution < 1.29 is 0 Å². The molecule has 0 bridgehead atoms. The Hall–Kier alpha value is -0.340. The van der Waals surface area contributed by atoms with E-state index >= 15 is 0 Å². The number of hydrogen-bond donors (Lipinski definition) is 1. The molecule has 0 spiro atoms. The van der Waals surface area contributed by atoms with Crippen LogP contribution < -0.4 is 5.32 Å². The molecule has 2 atom stereocenters. The summed E-state index contributed by atoms with van der Waals surface area (Å²) >= 11 is 1.90. The topological polar surface area (TPSA) is 12.0 Å². The lowest BCUT2D eigenvalue weighted by Crippen LogP contribution is -2.16. The predicted octanol–water partition coefficient (Wildman–Crippen LogP) is 3.11. The largest absolute Gasteiger partial charge is 0.312 e. The van der Waals surface area contributed by atoms with E-state index in [1.54, 1.807) is 0 Å². The van der Waals surface area contributed by atoms with Crippen LogP contribution >= 0.6 is 11.3 Å². The molecule has 1 N–H and O–H groups in total. The monoisotopic (exact) mass is 209 g/mol. The van der Waals surface area contributed by atoms with Gasteiger partial charge in [0.05, 0.1) is 0 Å². The van der Waals surface area contributed by atoms with Gasteiger partial charge in [0.1, 0.15) is 0 Å². The molecule has 0 radical (unpaired) electrons. The van der Waals surface area contributed by atoms with Crippen molar-refractivity contribution in [2.24, 2.45) is 11.8 Å². The molecule has 0 aliphatic heterocycles. The summed E-state index contributed by atoms with van der Waals surface area (Å²) in [5.74, 6) is 1.92. The molecule has 2 rings (SSSR count). The van der Waals surface area contributed by atoms with Crippen molar-refractivity contribution in [3.05, 3.63) is 21.4 Å². The number of hydrogen-bond acceptors (Lipinski definition) is 2. The molecule has 2 heteroatoms. The minimum Gasteiger partial charge on any atom is -0.312 e. The van der Waals surface area contributed by atoms with Gasteiger partial charge in [0, 0.05) is 16.3 Å². The Balaban J connectivity index is 1.77. The molecular weight excluding hydrogens is 190 g/mol. The van der Waals surface area contributed by atoms with Gasteiger partial charge in [-0.2, -0.15) is 0 Å². The van der Waals surface area contributed by atoms with E-state index in [1.807, 2.05) is 11.3 Å². The van der Waals surface area contributed by atoms with E-state index < -0.39 is 0 Å². The second-order valence-electron chi connectivity index (χ2n) is 4.54. The average Bonchev–Trinajstić information content (AvgIpc) is 2.70. The number of thiophene rings is 1. The Morgan fingerprint density at radius 2 is 2.21 bits per heavy atom. The molecule has 0 amide bonds. The third-order valence-electron chi connectivity index (χ3n) is 3.14. The summed E-state index contributed by atoms with van der Waals surface area (Å²) in [5.41, 5.74) is 1.49. The predicted molar refractivity (Wildman–Crippen MR) is 62.8 cm³/mol. The maximum Gasteiger partial charge on any atom is 0.0216 e. The molecule has 1 aromatic rings. The molecule has 78 valence electrons. The van der Waals surface area contributed by atoms with Crippen LogP contribution in [0.15, 0.2) is 6.07 Å². The van der Waals surface area contributed by atoms with Crippen LogP contribution in [0.4, 0.5) is 0 Å². The fraction of sp³-hybridized carbons (Fsp3) is 0.667. The van der Waals surface area contributed by atoms with Gasteiger partial charge in [0.15, 0.2) is 0 Å². The Bertz CT molecular complexity index is 316. The van der Waals surface area contributed by atoms with E-state index in [1.165, 1.54) is 28.3 Å². The lowest BCUT2D eigenvalue weighted by molar-refractivity contribution is 0.611. The van der Waals surface area contributed by atoms with Gasteiger partial charge in [0.2, 0.25) is 0 Å². The van der Waals surface area contributed by atoms with Crippen LogP contribution in [0.2, 0.25) is 0 Å². The second-order valence-corrected chi connectivity index (χ2v) is 6.00. The molecule has 1 aliphatic carbocycles. The van der Waals surface area contributed by atoms with E-state index in [4.69, 9.17) is 0 Å². The van der Waals surface area contributed by atoms with E-state index in [0.717, 1.165) is 18.4 Å². The van der Waals surface area contributed by atoms with Gasteiger partial charge in [-0.3, -0.25) is 0 Å². The summed E-state index contributed by atoms with van der Waals surface area (Å²) in [5, 5.41) is 3.55. The van der Waals surface area contributed by atoms with Gasteiger partial charge < -0.3 is 5.32 Å². The Labute approximate surface area is 90.5 Å². The molecule has 1 saturated carbocycles. The van der Waals surface area contributed by atoms with Gasteiger partial charge in [-0.15, -0.1) is 11.3 Å². The van der Waals surface area contributed by atoms with E-state index in [-0.39, 0.29) is 0 Å².